The predicted molar refractivity (Wildman–Crippen MR) is 34.5 cm³/mol. The third-order valence-electron chi connectivity index (χ3n) is 1.28. The maximum absolute atomic E-state index is 8.80. The fourth-order valence-electron chi connectivity index (χ4n) is 0.762. The third-order valence-corrected chi connectivity index (χ3v) is 1.59. The molecule has 0 aromatic heterocycles. The summed E-state index contributed by atoms with van der Waals surface area (Å²) >= 11 is 5.37. The quantitative estimate of drug-likeness (QED) is 0.498. The van der Waals surface area contributed by atoms with Gasteiger partial charge in [-0.1, -0.05) is 11.6 Å². The fraction of sp³-hybridized carbons (Fsp3) is 1.00. The van der Waals surface area contributed by atoms with Gasteiger partial charge in [0, 0.05) is 6.54 Å². The van der Waals surface area contributed by atoms with Gasteiger partial charge in [-0.2, -0.15) is 0 Å². The van der Waals surface area contributed by atoms with E-state index in [-0.39, 0.29) is 6.04 Å². The zero-order chi connectivity index (χ0) is 6.69. The first kappa shape index (κ1) is 7.28. The minimum Gasteiger partial charge on any atom is -0.378 e. The maximum atomic E-state index is 8.80. The maximum Gasteiger partial charge on any atom is 0.145 e. The minimum atomic E-state index is -0.828. The molecule has 1 saturated heterocycles. The Hall–Kier alpha value is 0.170. The SMILES string of the molecule is OC(Cl)C1COCCN1. The second-order valence-electron chi connectivity index (χ2n) is 2.01. The molecule has 0 aromatic rings. The van der Waals surface area contributed by atoms with E-state index in [2.05, 4.69) is 5.32 Å². The van der Waals surface area contributed by atoms with Crippen molar-refractivity contribution in [3.63, 3.8) is 0 Å². The van der Waals surface area contributed by atoms with Gasteiger partial charge in [0.15, 0.2) is 0 Å². The number of hydrogen-bond acceptors (Lipinski definition) is 3. The molecule has 1 aliphatic rings. The molecule has 1 fully saturated rings. The molecule has 0 aliphatic carbocycles. The number of rotatable bonds is 1. The molecular weight excluding hydrogens is 142 g/mol. The standard InChI is InChI=1S/C5H10ClNO2/c6-5(8)4-3-9-2-1-7-4/h4-5,7-8H,1-3H2. The second-order valence-corrected chi connectivity index (χ2v) is 2.46. The number of hydrogen-bond donors (Lipinski definition) is 2. The van der Waals surface area contributed by atoms with E-state index in [9.17, 15) is 0 Å². The lowest BCUT2D eigenvalue weighted by Crippen LogP contribution is -2.46. The van der Waals surface area contributed by atoms with Crippen molar-refractivity contribution in [2.75, 3.05) is 19.8 Å². The van der Waals surface area contributed by atoms with Crippen molar-refractivity contribution in [1.82, 2.24) is 5.32 Å². The summed E-state index contributed by atoms with van der Waals surface area (Å²) in [7, 11) is 0. The molecule has 1 heterocycles. The van der Waals surface area contributed by atoms with Crippen molar-refractivity contribution in [3.05, 3.63) is 0 Å². The summed E-state index contributed by atoms with van der Waals surface area (Å²) in [6.07, 6.45) is 0. The second kappa shape index (κ2) is 3.37. The highest BCUT2D eigenvalue weighted by atomic mass is 35.5. The van der Waals surface area contributed by atoms with E-state index in [1.54, 1.807) is 0 Å². The molecule has 0 spiro atoms. The molecule has 0 aromatic carbocycles. The van der Waals surface area contributed by atoms with Gasteiger partial charge in [-0.05, 0) is 0 Å². The Bertz CT molecular complexity index is 83.0. The summed E-state index contributed by atoms with van der Waals surface area (Å²) in [6.45, 7) is 1.99. The van der Waals surface area contributed by atoms with E-state index in [0.29, 0.717) is 13.2 Å². The Labute approximate surface area is 59.0 Å². The average Bonchev–Trinajstić information content (AvgIpc) is 1.90. The lowest BCUT2D eigenvalue weighted by atomic mass is 10.3. The van der Waals surface area contributed by atoms with Crippen molar-refractivity contribution >= 4 is 11.6 Å². The molecule has 1 rings (SSSR count). The number of aliphatic hydroxyl groups excluding tert-OH is 1. The molecule has 0 saturated carbocycles. The smallest absolute Gasteiger partial charge is 0.145 e. The number of nitrogens with one attached hydrogen (secondary N) is 1. The largest absolute Gasteiger partial charge is 0.378 e. The van der Waals surface area contributed by atoms with E-state index < -0.39 is 5.56 Å². The Morgan fingerprint density at radius 2 is 2.56 bits per heavy atom. The molecule has 2 atom stereocenters. The van der Waals surface area contributed by atoms with E-state index in [4.69, 9.17) is 21.4 Å². The first-order chi connectivity index (χ1) is 4.30. The molecule has 0 radical (unpaired) electrons. The van der Waals surface area contributed by atoms with Crippen molar-refractivity contribution in [2.45, 2.75) is 11.6 Å². The van der Waals surface area contributed by atoms with Gasteiger partial charge in [-0.25, -0.2) is 0 Å². The Morgan fingerprint density at radius 1 is 1.78 bits per heavy atom. The Balaban J connectivity index is 2.23. The summed E-state index contributed by atoms with van der Waals surface area (Å²) in [4.78, 5) is 0. The van der Waals surface area contributed by atoms with Crippen molar-refractivity contribution in [1.29, 1.82) is 0 Å². The molecule has 9 heavy (non-hydrogen) atoms. The van der Waals surface area contributed by atoms with Crippen LogP contribution < -0.4 is 5.32 Å². The molecular formula is C5H10ClNO2. The van der Waals surface area contributed by atoms with Crippen LogP contribution in [0.2, 0.25) is 0 Å². The summed E-state index contributed by atoms with van der Waals surface area (Å²) in [5.41, 5.74) is -0.828. The first-order valence-corrected chi connectivity index (χ1v) is 3.37. The first-order valence-electron chi connectivity index (χ1n) is 2.94. The Kier molecular flexibility index (Phi) is 2.72. The van der Waals surface area contributed by atoms with Crippen LogP contribution in [0, 0.1) is 0 Å². The van der Waals surface area contributed by atoms with E-state index in [1.165, 1.54) is 0 Å². The summed E-state index contributed by atoms with van der Waals surface area (Å²) in [5, 5.41) is 11.8. The highest BCUT2D eigenvalue weighted by molar-refractivity contribution is 6.19. The lowest BCUT2D eigenvalue weighted by Gasteiger charge is -2.24. The molecule has 0 amide bonds. The molecule has 2 unspecified atom stereocenters. The van der Waals surface area contributed by atoms with Crippen LogP contribution in [-0.4, -0.2) is 36.5 Å². The minimum absolute atomic E-state index is 0.0968. The molecule has 54 valence electrons. The van der Waals surface area contributed by atoms with Crippen LogP contribution in [0.25, 0.3) is 0 Å². The van der Waals surface area contributed by atoms with Crippen molar-refractivity contribution in [2.24, 2.45) is 0 Å². The number of alkyl halides is 1. The van der Waals surface area contributed by atoms with Crippen LogP contribution >= 0.6 is 11.6 Å². The monoisotopic (exact) mass is 151 g/mol. The summed E-state index contributed by atoms with van der Waals surface area (Å²) in [6, 6.07) is -0.0968. The van der Waals surface area contributed by atoms with E-state index in [1.807, 2.05) is 0 Å². The van der Waals surface area contributed by atoms with Gasteiger partial charge in [-0.15, -0.1) is 0 Å². The highest BCUT2D eigenvalue weighted by Gasteiger charge is 2.18. The van der Waals surface area contributed by atoms with Gasteiger partial charge < -0.3 is 15.2 Å². The topological polar surface area (TPSA) is 41.5 Å². The molecule has 1 aliphatic heterocycles. The highest BCUT2D eigenvalue weighted by Crippen LogP contribution is 2.01. The van der Waals surface area contributed by atoms with Crippen LogP contribution in [0.5, 0.6) is 0 Å². The van der Waals surface area contributed by atoms with Gasteiger partial charge in [0.05, 0.1) is 19.3 Å². The van der Waals surface area contributed by atoms with Gasteiger partial charge >= 0.3 is 0 Å². The zero-order valence-corrected chi connectivity index (χ0v) is 5.77. The van der Waals surface area contributed by atoms with Crippen molar-refractivity contribution in [3.8, 4) is 0 Å². The number of halogens is 1. The Morgan fingerprint density at radius 3 is 2.89 bits per heavy atom. The van der Waals surface area contributed by atoms with Gasteiger partial charge in [0.1, 0.15) is 5.56 Å². The van der Waals surface area contributed by atoms with Crippen LogP contribution in [0.1, 0.15) is 0 Å². The van der Waals surface area contributed by atoms with E-state index in [0.717, 1.165) is 6.54 Å². The third kappa shape index (κ3) is 2.10. The van der Waals surface area contributed by atoms with Crippen molar-refractivity contribution < 1.29 is 9.84 Å². The van der Waals surface area contributed by atoms with Gasteiger partial charge in [0.25, 0.3) is 0 Å². The number of ether oxygens (including phenoxy) is 1. The predicted octanol–water partition coefficient (Wildman–Crippen LogP) is -0.468. The summed E-state index contributed by atoms with van der Waals surface area (Å²) in [5.74, 6) is 0. The van der Waals surface area contributed by atoms with Crippen LogP contribution in [0.4, 0.5) is 0 Å². The van der Waals surface area contributed by atoms with E-state index >= 15 is 0 Å². The molecule has 0 bridgehead atoms. The zero-order valence-electron chi connectivity index (χ0n) is 5.01. The lowest BCUT2D eigenvalue weighted by molar-refractivity contribution is 0.0440. The number of morpholine rings is 1. The van der Waals surface area contributed by atoms with Crippen LogP contribution in [0.15, 0.2) is 0 Å². The average molecular weight is 152 g/mol. The van der Waals surface area contributed by atoms with Crippen LogP contribution in [-0.2, 0) is 4.74 Å². The van der Waals surface area contributed by atoms with Crippen LogP contribution in [0.3, 0.4) is 0 Å². The molecule has 2 N–H and O–H groups in total. The molecule has 3 nitrogen and oxygen atoms in total. The number of aliphatic hydroxyl groups is 1. The normalized spacial score (nSPS) is 32.0. The van der Waals surface area contributed by atoms with Gasteiger partial charge in [-0.3, -0.25) is 0 Å². The molecule has 4 heteroatoms. The fourth-order valence-corrected chi connectivity index (χ4v) is 0.924. The summed E-state index contributed by atoms with van der Waals surface area (Å²) < 4.78 is 5.04. The van der Waals surface area contributed by atoms with Gasteiger partial charge in [0.2, 0.25) is 0 Å².